The molecular formula is C35H23IO. The van der Waals surface area contributed by atoms with Gasteiger partial charge in [0, 0.05) is 19.8 Å². The summed E-state index contributed by atoms with van der Waals surface area (Å²) in [5, 5.41) is 7.50. The molecule has 0 bridgehead atoms. The molecule has 1 aliphatic rings. The molecule has 8 rings (SSSR count). The Labute approximate surface area is 228 Å². The van der Waals surface area contributed by atoms with E-state index in [2.05, 4.69) is 140 Å². The smallest absolute Gasteiger partial charge is 0.136 e. The van der Waals surface area contributed by atoms with Crippen molar-refractivity contribution in [1.82, 2.24) is 0 Å². The molecule has 0 fully saturated rings. The number of halogens is 1. The van der Waals surface area contributed by atoms with Gasteiger partial charge in [-0.1, -0.05) is 86.6 Å². The van der Waals surface area contributed by atoms with Crippen molar-refractivity contribution in [2.45, 2.75) is 19.3 Å². The summed E-state index contributed by atoms with van der Waals surface area (Å²) in [5.41, 5.74) is 9.67. The van der Waals surface area contributed by atoms with Crippen molar-refractivity contribution >= 4 is 66.1 Å². The number of furan rings is 1. The molecule has 2 heteroatoms. The van der Waals surface area contributed by atoms with Gasteiger partial charge in [0.1, 0.15) is 11.2 Å². The van der Waals surface area contributed by atoms with E-state index in [4.69, 9.17) is 4.42 Å². The first-order chi connectivity index (χ1) is 18.0. The lowest BCUT2D eigenvalue weighted by Crippen LogP contribution is -2.15. The molecule has 1 nitrogen and oxygen atoms in total. The van der Waals surface area contributed by atoms with Crippen LogP contribution in [-0.4, -0.2) is 0 Å². The molecule has 37 heavy (non-hydrogen) atoms. The van der Waals surface area contributed by atoms with Crippen LogP contribution in [0.2, 0.25) is 0 Å². The monoisotopic (exact) mass is 586 g/mol. The van der Waals surface area contributed by atoms with Crippen LogP contribution in [0.15, 0.2) is 108 Å². The summed E-state index contributed by atoms with van der Waals surface area (Å²) in [4.78, 5) is 0. The maximum absolute atomic E-state index is 6.64. The molecule has 1 aromatic heterocycles. The van der Waals surface area contributed by atoms with E-state index in [1.54, 1.807) is 0 Å². The maximum atomic E-state index is 6.64. The molecule has 0 saturated heterocycles. The number of hydrogen-bond acceptors (Lipinski definition) is 1. The Hall–Kier alpha value is -3.63. The minimum atomic E-state index is -0.0993. The lowest BCUT2D eigenvalue weighted by atomic mass is 9.80. The van der Waals surface area contributed by atoms with Crippen molar-refractivity contribution in [1.29, 1.82) is 0 Å². The van der Waals surface area contributed by atoms with Crippen molar-refractivity contribution in [2.24, 2.45) is 0 Å². The molecule has 0 aliphatic heterocycles. The van der Waals surface area contributed by atoms with Gasteiger partial charge in [-0.05, 0) is 108 Å². The fourth-order valence-corrected chi connectivity index (χ4v) is 7.13. The van der Waals surface area contributed by atoms with E-state index in [-0.39, 0.29) is 5.41 Å². The summed E-state index contributed by atoms with van der Waals surface area (Å²) < 4.78 is 7.90. The molecule has 0 amide bonds. The molecule has 0 atom stereocenters. The van der Waals surface area contributed by atoms with Crippen molar-refractivity contribution in [3.05, 3.63) is 118 Å². The van der Waals surface area contributed by atoms with Crippen LogP contribution in [0.4, 0.5) is 0 Å². The fraction of sp³-hybridized carbons (Fsp3) is 0.0857. The number of benzene rings is 6. The zero-order chi connectivity index (χ0) is 24.9. The van der Waals surface area contributed by atoms with Gasteiger partial charge < -0.3 is 4.42 Å². The van der Waals surface area contributed by atoms with Gasteiger partial charge in [-0.15, -0.1) is 0 Å². The first-order valence-electron chi connectivity index (χ1n) is 12.7. The Balaban J connectivity index is 1.48. The average molecular weight is 586 g/mol. The molecule has 7 aromatic rings. The van der Waals surface area contributed by atoms with Crippen LogP contribution in [0, 0.1) is 3.57 Å². The highest BCUT2D eigenvalue weighted by atomic mass is 127. The quantitative estimate of drug-likeness (QED) is 0.175. The zero-order valence-corrected chi connectivity index (χ0v) is 22.8. The van der Waals surface area contributed by atoms with E-state index in [0.717, 1.165) is 11.2 Å². The molecule has 1 heterocycles. The average Bonchev–Trinajstić information content (AvgIpc) is 3.40. The van der Waals surface area contributed by atoms with Crippen LogP contribution < -0.4 is 0 Å². The summed E-state index contributed by atoms with van der Waals surface area (Å²) in [6.45, 7) is 4.70. The SMILES string of the molecule is CC1(C)c2ccccc2-c2ccc3oc4cc(-c5ccc6cc(I)ccc6c5)c5ccccc5c4c3c21. The van der Waals surface area contributed by atoms with Gasteiger partial charge in [-0.25, -0.2) is 0 Å². The summed E-state index contributed by atoms with van der Waals surface area (Å²) in [6.07, 6.45) is 0. The van der Waals surface area contributed by atoms with Crippen LogP contribution in [0.25, 0.3) is 65.7 Å². The van der Waals surface area contributed by atoms with E-state index < -0.39 is 0 Å². The van der Waals surface area contributed by atoms with Crippen molar-refractivity contribution in [3.63, 3.8) is 0 Å². The lowest BCUT2D eigenvalue weighted by Gasteiger charge is -2.22. The maximum Gasteiger partial charge on any atom is 0.136 e. The highest BCUT2D eigenvalue weighted by Gasteiger charge is 2.38. The van der Waals surface area contributed by atoms with Crippen molar-refractivity contribution in [2.75, 3.05) is 0 Å². The molecule has 0 saturated carbocycles. The second kappa shape index (κ2) is 7.45. The largest absolute Gasteiger partial charge is 0.456 e. The van der Waals surface area contributed by atoms with Gasteiger partial charge in [0.15, 0.2) is 0 Å². The molecule has 0 radical (unpaired) electrons. The zero-order valence-electron chi connectivity index (χ0n) is 20.6. The summed E-state index contributed by atoms with van der Waals surface area (Å²) >= 11 is 2.38. The summed E-state index contributed by atoms with van der Waals surface area (Å²) in [7, 11) is 0. The minimum absolute atomic E-state index is 0.0993. The van der Waals surface area contributed by atoms with Gasteiger partial charge in [0.05, 0.1) is 0 Å². The number of fused-ring (bicyclic) bond motifs is 10. The molecular weight excluding hydrogens is 563 g/mol. The molecule has 1 aliphatic carbocycles. The molecule has 6 aromatic carbocycles. The molecule has 0 spiro atoms. The van der Waals surface area contributed by atoms with Gasteiger partial charge >= 0.3 is 0 Å². The van der Waals surface area contributed by atoms with Gasteiger partial charge in [0.2, 0.25) is 0 Å². The lowest BCUT2D eigenvalue weighted by molar-refractivity contribution is 0.657. The topological polar surface area (TPSA) is 13.1 Å². The second-order valence-corrected chi connectivity index (χ2v) is 11.9. The van der Waals surface area contributed by atoms with Crippen molar-refractivity contribution in [3.8, 4) is 22.3 Å². The predicted molar refractivity (Wildman–Crippen MR) is 164 cm³/mol. The minimum Gasteiger partial charge on any atom is -0.456 e. The van der Waals surface area contributed by atoms with Gasteiger partial charge in [-0.2, -0.15) is 0 Å². The third-order valence-electron chi connectivity index (χ3n) is 8.27. The molecule has 176 valence electrons. The second-order valence-electron chi connectivity index (χ2n) is 10.7. The van der Waals surface area contributed by atoms with E-state index in [1.807, 2.05) is 0 Å². The number of rotatable bonds is 1. The van der Waals surface area contributed by atoms with Crippen LogP contribution in [0.3, 0.4) is 0 Å². The van der Waals surface area contributed by atoms with Gasteiger partial charge in [0.25, 0.3) is 0 Å². The Morgan fingerprint density at radius 2 is 1.35 bits per heavy atom. The first-order valence-corrected chi connectivity index (χ1v) is 13.8. The van der Waals surface area contributed by atoms with Crippen LogP contribution in [0.5, 0.6) is 0 Å². The first kappa shape index (κ1) is 21.5. The fourth-order valence-electron chi connectivity index (χ4n) is 6.62. The Morgan fingerprint density at radius 1 is 0.595 bits per heavy atom. The summed E-state index contributed by atoms with van der Waals surface area (Å²) in [6, 6.07) is 37.7. The molecule has 0 unspecified atom stereocenters. The Morgan fingerprint density at radius 3 is 2.24 bits per heavy atom. The van der Waals surface area contributed by atoms with Gasteiger partial charge in [-0.3, -0.25) is 0 Å². The van der Waals surface area contributed by atoms with E-state index in [0.29, 0.717) is 0 Å². The molecule has 0 N–H and O–H groups in total. The highest BCUT2D eigenvalue weighted by Crippen LogP contribution is 2.54. The van der Waals surface area contributed by atoms with Crippen LogP contribution >= 0.6 is 22.6 Å². The van der Waals surface area contributed by atoms with E-state index in [9.17, 15) is 0 Å². The highest BCUT2D eigenvalue weighted by molar-refractivity contribution is 14.1. The third kappa shape index (κ3) is 2.91. The van der Waals surface area contributed by atoms with E-state index in [1.165, 1.54) is 69.3 Å². The Bertz CT molecular complexity index is 2080. The van der Waals surface area contributed by atoms with Crippen LogP contribution in [0.1, 0.15) is 25.0 Å². The summed E-state index contributed by atoms with van der Waals surface area (Å²) in [5.74, 6) is 0. The van der Waals surface area contributed by atoms with Crippen LogP contribution in [-0.2, 0) is 5.41 Å². The third-order valence-corrected chi connectivity index (χ3v) is 8.95. The normalized spacial score (nSPS) is 14.0. The number of hydrogen-bond donors (Lipinski definition) is 0. The van der Waals surface area contributed by atoms with Crippen molar-refractivity contribution < 1.29 is 4.42 Å². The van der Waals surface area contributed by atoms with E-state index >= 15 is 0 Å². The Kier molecular flexibility index (Phi) is 4.32. The standard InChI is InChI=1S/C35H23IO/c1-35(2)29-10-6-5-8-25(29)27-15-16-30-33(34(27)35)32-26-9-4-3-7-24(26)28(19-31(32)37-30)22-12-11-21-18-23(36)14-13-20(21)17-22/h3-19H,1-2H3. The predicted octanol–water partition coefficient (Wildman–Crippen LogP) is 10.5.